The Morgan fingerprint density at radius 2 is 2.08 bits per heavy atom. The molecule has 0 aliphatic carbocycles. The highest BCUT2D eigenvalue weighted by atomic mass is 16.5. The van der Waals surface area contributed by atoms with E-state index < -0.39 is 0 Å². The first-order valence-electron chi connectivity index (χ1n) is 4.41. The summed E-state index contributed by atoms with van der Waals surface area (Å²) in [7, 11) is 0. The number of aromatic nitrogens is 2. The Labute approximate surface area is 79.1 Å². The zero-order valence-corrected chi connectivity index (χ0v) is 8.45. The topological polar surface area (TPSA) is 35.0 Å². The summed E-state index contributed by atoms with van der Waals surface area (Å²) in [5.41, 5.74) is 1.29. The van der Waals surface area contributed by atoms with Crippen molar-refractivity contribution in [3.05, 3.63) is 24.0 Å². The molecule has 3 nitrogen and oxygen atoms in total. The van der Waals surface area contributed by atoms with Gasteiger partial charge < -0.3 is 4.74 Å². The molecule has 1 heterocycles. The van der Waals surface area contributed by atoms with Gasteiger partial charge in [0.15, 0.2) is 0 Å². The van der Waals surface area contributed by atoms with Gasteiger partial charge in [-0.15, -0.1) is 0 Å². The van der Waals surface area contributed by atoms with E-state index in [-0.39, 0.29) is 5.41 Å². The Morgan fingerprint density at radius 3 is 2.62 bits per heavy atom. The van der Waals surface area contributed by atoms with Crippen LogP contribution in [0.15, 0.2) is 18.5 Å². The highest BCUT2D eigenvalue weighted by molar-refractivity contribution is 5.03. The van der Waals surface area contributed by atoms with Crippen LogP contribution < -0.4 is 0 Å². The predicted molar refractivity (Wildman–Crippen MR) is 51.1 cm³/mol. The molecule has 1 rings (SSSR count). The van der Waals surface area contributed by atoms with Crippen LogP contribution >= 0.6 is 0 Å². The molecule has 0 aromatic carbocycles. The first kappa shape index (κ1) is 10.1. The molecule has 0 bridgehead atoms. The zero-order valence-electron chi connectivity index (χ0n) is 8.45. The Kier molecular flexibility index (Phi) is 3.37. The molecule has 1 aromatic rings. The van der Waals surface area contributed by atoms with Crippen LogP contribution in [0.25, 0.3) is 0 Å². The highest BCUT2D eigenvalue weighted by Crippen LogP contribution is 2.13. The lowest BCUT2D eigenvalue weighted by Crippen LogP contribution is -2.14. The van der Waals surface area contributed by atoms with Gasteiger partial charge in [-0.25, -0.2) is 0 Å². The average Bonchev–Trinajstić information content (AvgIpc) is 2.04. The maximum atomic E-state index is 5.52. The molecule has 0 atom stereocenters. The van der Waals surface area contributed by atoms with E-state index in [0.717, 1.165) is 12.2 Å². The van der Waals surface area contributed by atoms with Crippen molar-refractivity contribution in [2.75, 3.05) is 6.61 Å². The zero-order chi connectivity index (χ0) is 9.73. The Balaban J connectivity index is 2.29. The van der Waals surface area contributed by atoms with Crippen molar-refractivity contribution in [3.8, 4) is 0 Å². The molecule has 0 radical (unpaired) electrons. The van der Waals surface area contributed by atoms with Gasteiger partial charge in [-0.3, -0.25) is 0 Å². The Morgan fingerprint density at radius 1 is 1.31 bits per heavy atom. The van der Waals surface area contributed by atoms with Gasteiger partial charge in [-0.2, -0.15) is 10.2 Å². The maximum absolute atomic E-state index is 5.52. The van der Waals surface area contributed by atoms with Crippen molar-refractivity contribution < 1.29 is 4.74 Å². The highest BCUT2D eigenvalue weighted by Gasteiger charge is 2.09. The quantitative estimate of drug-likeness (QED) is 0.714. The molecule has 3 heteroatoms. The molecule has 0 unspecified atom stereocenters. The van der Waals surface area contributed by atoms with Crippen molar-refractivity contribution in [2.24, 2.45) is 5.41 Å². The monoisotopic (exact) mass is 180 g/mol. The van der Waals surface area contributed by atoms with E-state index in [1.807, 2.05) is 6.07 Å². The van der Waals surface area contributed by atoms with E-state index in [9.17, 15) is 0 Å². The van der Waals surface area contributed by atoms with Crippen molar-refractivity contribution in [1.82, 2.24) is 10.2 Å². The summed E-state index contributed by atoms with van der Waals surface area (Å²) in [6.45, 7) is 7.83. The first-order valence-corrected chi connectivity index (χ1v) is 4.41. The summed E-state index contributed by atoms with van der Waals surface area (Å²) in [6, 6.07) is 1.91. The lowest BCUT2D eigenvalue weighted by molar-refractivity contribution is 0.0597. The average molecular weight is 180 g/mol. The van der Waals surface area contributed by atoms with Crippen LogP contribution in [0.4, 0.5) is 0 Å². The summed E-state index contributed by atoms with van der Waals surface area (Å²) < 4.78 is 5.52. The van der Waals surface area contributed by atoms with Gasteiger partial charge in [0.1, 0.15) is 0 Å². The fraction of sp³-hybridized carbons (Fsp3) is 0.600. The second kappa shape index (κ2) is 4.33. The fourth-order valence-electron chi connectivity index (χ4n) is 0.879. The van der Waals surface area contributed by atoms with Crippen molar-refractivity contribution >= 4 is 0 Å². The van der Waals surface area contributed by atoms with Crippen molar-refractivity contribution in [1.29, 1.82) is 0 Å². The summed E-state index contributed by atoms with van der Waals surface area (Å²) in [4.78, 5) is 0. The minimum atomic E-state index is 0.223. The molecule has 0 saturated carbocycles. The van der Waals surface area contributed by atoms with Crippen LogP contribution in [0.3, 0.4) is 0 Å². The molecule has 0 fully saturated rings. The predicted octanol–water partition coefficient (Wildman–Crippen LogP) is 2.04. The van der Waals surface area contributed by atoms with E-state index in [2.05, 4.69) is 31.0 Å². The van der Waals surface area contributed by atoms with Crippen LogP contribution in [0.1, 0.15) is 26.3 Å². The molecule has 0 saturated heterocycles. The summed E-state index contributed by atoms with van der Waals surface area (Å²) in [5, 5.41) is 7.47. The normalized spacial score (nSPS) is 11.6. The van der Waals surface area contributed by atoms with E-state index in [4.69, 9.17) is 4.74 Å². The minimum absolute atomic E-state index is 0.223. The van der Waals surface area contributed by atoms with Crippen LogP contribution in [0.5, 0.6) is 0 Å². The van der Waals surface area contributed by atoms with Gasteiger partial charge in [0, 0.05) is 6.20 Å². The molecule has 72 valence electrons. The Bertz CT molecular complexity index is 241. The molecular formula is C10H16N2O. The summed E-state index contributed by atoms with van der Waals surface area (Å²) >= 11 is 0. The Hall–Kier alpha value is -0.960. The van der Waals surface area contributed by atoms with Gasteiger partial charge in [-0.05, 0) is 17.0 Å². The lowest BCUT2D eigenvalue weighted by Gasteiger charge is -2.17. The van der Waals surface area contributed by atoms with E-state index in [1.165, 1.54) is 0 Å². The van der Waals surface area contributed by atoms with Crippen molar-refractivity contribution in [3.63, 3.8) is 0 Å². The standard InChI is InChI=1S/C10H16N2O/c1-10(2,3)8-13-7-9-4-5-11-12-6-9/h4-6H,7-8H2,1-3H3. The molecule has 0 amide bonds. The summed E-state index contributed by atoms with van der Waals surface area (Å²) in [6.07, 6.45) is 3.40. The summed E-state index contributed by atoms with van der Waals surface area (Å²) in [5.74, 6) is 0. The van der Waals surface area contributed by atoms with Crippen molar-refractivity contribution in [2.45, 2.75) is 27.4 Å². The van der Waals surface area contributed by atoms with Crippen LogP contribution in [-0.4, -0.2) is 16.8 Å². The number of ether oxygens (including phenoxy) is 1. The van der Waals surface area contributed by atoms with Crippen LogP contribution in [-0.2, 0) is 11.3 Å². The van der Waals surface area contributed by atoms with Crippen LogP contribution in [0.2, 0.25) is 0 Å². The number of hydrogen-bond acceptors (Lipinski definition) is 3. The molecule has 0 aliphatic heterocycles. The second-order valence-electron chi connectivity index (χ2n) is 4.30. The number of nitrogens with zero attached hydrogens (tertiary/aromatic N) is 2. The van der Waals surface area contributed by atoms with Gasteiger partial charge >= 0.3 is 0 Å². The lowest BCUT2D eigenvalue weighted by atomic mass is 9.99. The van der Waals surface area contributed by atoms with Gasteiger partial charge in [0.25, 0.3) is 0 Å². The third-order valence-electron chi connectivity index (χ3n) is 1.45. The van der Waals surface area contributed by atoms with Crippen LogP contribution in [0, 0.1) is 5.41 Å². The third-order valence-corrected chi connectivity index (χ3v) is 1.45. The number of rotatable bonds is 3. The van der Waals surface area contributed by atoms with Gasteiger partial charge in [0.05, 0.1) is 19.4 Å². The largest absolute Gasteiger partial charge is 0.376 e. The van der Waals surface area contributed by atoms with Gasteiger partial charge in [-0.1, -0.05) is 20.8 Å². The van der Waals surface area contributed by atoms with Gasteiger partial charge in [0.2, 0.25) is 0 Å². The molecular weight excluding hydrogens is 164 g/mol. The molecule has 1 aromatic heterocycles. The van der Waals surface area contributed by atoms with E-state index in [1.54, 1.807) is 12.4 Å². The molecule has 0 spiro atoms. The fourth-order valence-corrected chi connectivity index (χ4v) is 0.879. The van der Waals surface area contributed by atoms with E-state index >= 15 is 0 Å². The second-order valence-corrected chi connectivity index (χ2v) is 4.30. The number of hydrogen-bond donors (Lipinski definition) is 0. The maximum Gasteiger partial charge on any atom is 0.0733 e. The molecule has 0 aliphatic rings. The smallest absolute Gasteiger partial charge is 0.0733 e. The van der Waals surface area contributed by atoms with E-state index in [0.29, 0.717) is 6.61 Å². The minimum Gasteiger partial charge on any atom is -0.376 e. The SMILES string of the molecule is CC(C)(C)COCc1ccnnc1. The molecule has 0 N–H and O–H groups in total. The molecule has 13 heavy (non-hydrogen) atoms. The third kappa shape index (κ3) is 4.58. The first-order chi connectivity index (χ1) is 6.08.